The summed E-state index contributed by atoms with van der Waals surface area (Å²) in [5.41, 5.74) is 3.15. The Hall–Kier alpha value is -3.29. The van der Waals surface area contributed by atoms with E-state index in [0.29, 0.717) is 12.4 Å². The topological polar surface area (TPSA) is 88.8 Å². The summed E-state index contributed by atoms with van der Waals surface area (Å²) >= 11 is 0. The number of anilines is 2. The van der Waals surface area contributed by atoms with E-state index in [4.69, 9.17) is 0 Å². The van der Waals surface area contributed by atoms with Gasteiger partial charge in [0.15, 0.2) is 11.6 Å². The number of hydrogen-bond donors (Lipinski definition) is 1. The summed E-state index contributed by atoms with van der Waals surface area (Å²) in [6, 6.07) is 9.83. The first-order valence-corrected chi connectivity index (χ1v) is 9.42. The molecule has 144 valence electrons. The van der Waals surface area contributed by atoms with Gasteiger partial charge in [0.1, 0.15) is 12.7 Å². The minimum atomic E-state index is -0.0776. The molecule has 1 N–H and O–H groups in total. The van der Waals surface area contributed by atoms with Crippen molar-refractivity contribution in [3.63, 3.8) is 0 Å². The van der Waals surface area contributed by atoms with Crippen LogP contribution in [0.4, 0.5) is 11.5 Å². The minimum Gasteiger partial charge on any atom is -0.354 e. The quantitative estimate of drug-likeness (QED) is 0.752. The van der Waals surface area contributed by atoms with Crippen molar-refractivity contribution in [2.75, 3.05) is 23.3 Å². The maximum atomic E-state index is 12.8. The molecule has 1 unspecified atom stereocenters. The van der Waals surface area contributed by atoms with Crippen LogP contribution in [-0.4, -0.2) is 44.0 Å². The highest BCUT2D eigenvalue weighted by Gasteiger charge is 2.27. The number of nitrogens with one attached hydrogen (secondary N) is 1. The lowest BCUT2D eigenvalue weighted by Gasteiger charge is -2.32. The van der Waals surface area contributed by atoms with Gasteiger partial charge in [-0.05, 0) is 50.5 Å². The standard InChI is InChI=1S/C20H23N7O/c1-14-5-6-17(15(2)10-14)23-20(28)16-4-3-9-26(11-16)18-7-8-19(25-24-18)27-13-21-12-22-27/h5-8,10,12-13,16H,3-4,9,11H2,1-2H3,(H,23,28). The highest BCUT2D eigenvalue weighted by molar-refractivity contribution is 5.93. The molecule has 2 aromatic heterocycles. The average Bonchev–Trinajstić information content (AvgIpc) is 3.25. The van der Waals surface area contributed by atoms with Gasteiger partial charge in [-0.25, -0.2) is 9.67 Å². The fourth-order valence-corrected chi connectivity index (χ4v) is 3.52. The van der Waals surface area contributed by atoms with Gasteiger partial charge in [-0.3, -0.25) is 4.79 Å². The lowest BCUT2D eigenvalue weighted by Crippen LogP contribution is -2.41. The van der Waals surface area contributed by atoms with Gasteiger partial charge < -0.3 is 10.2 Å². The molecule has 4 rings (SSSR count). The summed E-state index contributed by atoms with van der Waals surface area (Å²) < 4.78 is 1.56. The Morgan fingerprint density at radius 3 is 2.68 bits per heavy atom. The molecule has 1 fully saturated rings. The van der Waals surface area contributed by atoms with E-state index in [9.17, 15) is 4.79 Å². The number of piperidine rings is 1. The Morgan fingerprint density at radius 1 is 1.14 bits per heavy atom. The summed E-state index contributed by atoms with van der Waals surface area (Å²) in [5, 5.41) is 15.7. The molecule has 1 aromatic carbocycles. The lowest BCUT2D eigenvalue weighted by molar-refractivity contribution is -0.120. The summed E-state index contributed by atoms with van der Waals surface area (Å²) in [7, 11) is 0. The molecule has 1 atom stereocenters. The van der Waals surface area contributed by atoms with E-state index in [2.05, 4.69) is 36.6 Å². The number of rotatable bonds is 4. The molecule has 0 saturated carbocycles. The van der Waals surface area contributed by atoms with Crippen LogP contribution in [-0.2, 0) is 4.79 Å². The lowest BCUT2D eigenvalue weighted by atomic mass is 9.96. The van der Waals surface area contributed by atoms with Crippen LogP contribution in [0.1, 0.15) is 24.0 Å². The summed E-state index contributed by atoms with van der Waals surface area (Å²) in [6.45, 7) is 5.56. The molecule has 0 aliphatic carbocycles. The normalized spacial score (nSPS) is 16.8. The van der Waals surface area contributed by atoms with Gasteiger partial charge in [0.25, 0.3) is 0 Å². The van der Waals surface area contributed by atoms with Gasteiger partial charge in [0, 0.05) is 18.8 Å². The molecular weight excluding hydrogens is 354 g/mol. The van der Waals surface area contributed by atoms with Crippen molar-refractivity contribution in [2.45, 2.75) is 26.7 Å². The molecule has 0 bridgehead atoms. The van der Waals surface area contributed by atoms with Crippen molar-refractivity contribution in [1.29, 1.82) is 0 Å². The molecule has 28 heavy (non-hydrogen) atoms. The number of aromatic nitrogens is 5. The molecule has 0 radical (unpaired) electrons. The second-order valence-electron chi connectivity index (χ2n) is 7.18. The molecular formula is C20H23N7O. The van der Waals surface area contributed by atoms with Crippen LogP contribution in [0.15, 0.2) is 43.0 Å². The van der Waals surface area contributed by atoms with Crippen LogP contribution in [0.5, 0.6) is 0 Å². The number of hydrogen-bond acceptors (Lipinski definition) is 6. The van der Waals surface area contributed by atoms with Crippen molar-refractivity contribution >= 4 is 17.4 Å². The van der Waals surface area contributed by atoms with E-state index in [-0.39, 0.29) is 11.8 Å². The van der Waals surface area contributed by atoms with Gasteiger partial charge in [-0.2, -0.15) is 5.10 Å². The zero-order chi connectivity index (χ0) is 19.5. The summed E-state index contributed by atoms with van der Waals surface area (Å²) in [5.74, 6) is 1.37. The molecule has 8 heteroatoms. The number of carbonyl (C=O) groups excluding carboxylic acids is 1. The van der Waals surface area contributed by atoms with Crippen molar-refractivity contribution in [2.24, 2.45) is 5.92 Å². The third-order valence-corrected chi connectivity index (χ3v) is 5.05. The van der Waals surface area contributed by atoms with Crippen molar-refractivity contribution in [3.8, 4) is 5.82 Å². The molecule has 3 aromatic rings. The van der Waals surface area contributed by atoms with E-state index in [1.54, 1.807) is 11.0 Å². The Kier molecular flexibility index (Phi) is 5.01. The van der Waals surface area contributed by atoms with E-state index < -0.39 is 0 Å². The monoisotopic (exact) mass is 377 g/mol. The van der Waals surface area contributed by atoms with E-state index in [1.165, 1.54) is 11.9 Å². The zero-order valence-corrected chi connectivity index (χ0v) is 16.0. The van der Waals surface area contributed by atoms with Crippen molar-refractivity contribution < 1.29 is 4.79 Å². The maximum Gasteiger partial charge on any atom is 0.229 e. The Morgan fingerprint density at radius 2 is 1.96 bits per heavy atom. The second-order valence-corrected chi connectivity index (χ2v) is 7.18. The van der Waals surface area contributed by atoms with E-state index in [1.807, 2.05) is 38.1 Å². The Balaban J connectivity index is 1.43. The van der Waals surface area contributed by atoms with Crippen LogP contribution in [0.25, 0.3) is 5.82 Å². The van der Waals surface area contributed by atoms with E-state index >= 15 is 0 Å². The Bertz CT molecular complexity index is 953. The largest absolute Gasteiger partial charge is 0.354 e. The summed E-state index contributed by atoms with van der Waals surface area (Å²) in [4.78, 5) is 18.8. The second kappa shape index (κ2) is 7.75. The van der Waals surface area contributed by atoms with Gasteiger partial charge >= 0.3 is 0 Å². The van der Waals surface area contributed by atoms with Crippen LogP contribution >= 0.6 is 0 Å². The molecule has 1 aliphatic rings. The first-order valence-electron chi connectivity index (χ1n) is 9.42. The van der Waals surface area contributed by atoms with E-state index in [0.717, 1.165) is 36.5 Å². The Labute approximate surface area is 163 Å². The zero-order valence-electron chi connectivity index (χ0n) is 16.0. The highest BCUT2D eigenvalue weighted by atomic mass is 16.1. The average molecular weight is 377 g/mol. The van der Waals surface area contributed by atoms with Crippen LogP contribution < -0.4 is 10.2 Å². The molecule has 8 nitrogen and oxygen atoms in total. The number of carbonyl (C=O) groups is 1. The first kappa shape index (κ1) is 18.1. The van der Waals surface area contributed by atoms with Crippen LogP contribution in [0.2, 0.25) is 0 Å². The third-order valence-electron chi connectivity index (χ3n) is 5.05. The fraction of sp³-hybridized carbons (Fsp3) is 0.350. The summed E-state index contributed by atoms with van der Waals surface area (Å²) in [6.07, 6.45) is 4.85. The third kappa shape index (κ3) is 3.85. The number of benzene rings is 1. The maximum absolute atomic E-state index is 12.8. The van der Waals surface area contributed by atoms with Gasteiger partial charge in [-0.1, -0.05) is 17.7 Å². The molecule has 1 aliphatic heterocycles. The molecule has 1 saturated heterocycles. The fourth-order valence-electron chi connectivity index (χ4n) is 3.52. The minimum absolute atomic E-state index is 0.0591. The van der Waals surface area contributed by atoms with Crippen molar-refractivity contribution in [1.82, 2.24) is 25.0 Å². The SMILES string of the molecule is Cc1ccc(NC(=O)C2CCCN(c3ccc(-n4cncn4)nn3)C2)c(C)c1. The van der Waals surface area contributed by atoms with Crippen molar-refractivity contribution in [3.05, 3.63) is 54.1 Å². The predicted octanol–water partition coefficient (Wildman–Crippen LogP) is 2.53. The van der Waals surface area contributed by atoms with Gasteiger partial charge in [0.2, 0.25) is 5.91 Å². The van der Waals surface area contributed by atoms with Gasteiger partial charge in [-0.15, -0.1) is 10.2 Å². The highest BCUT2D eigenvalue weighted by Crippen LogP contribution is 2.24. The predicted molar refractivity (Wildman–Crippen MR) is 106 cm³/mol. The number of nitrogens with zero attached hydrogens (tertiary/aromatic N) is 6. The first-order chi connectivity index (χ1) is 13.6. The van der Waals surface area contributed by atoms with Gasteiger partial charge in [0.05, 0.1) is 5.92 Å². The smallest absolute Gasteiger partial charge is 0.229 e. The number of aryl methyl sites for hydroxylation is 2. The van der Waals surface area contributed by atoms with Crippen LogP contribution in [0, 0.1) is 19.8 Å². The number of amides is 1. The molecule has 0 spiro atoms. The van der Waals surface area contributed by atoms with Crippen LogP contribution in [0.3, 0.4) is 0 Å². The molecule has 3 heterocycles. The molecule has 1 amide bonds.